The summed E-state index contributed by atoms with van der Waals surface area (Å²) in [6, 6.07) is 11.9. The zero-order valence-electron chi connectivity index (χ0n) is 37.9. The Morgan fingerprint density at radius 3 is 2.34 bits per heavy atom. The minimum Gasteiger partial charge on any atom is -0.391 e. The highest BCUT2D eigenvalue weighted by Gasteiger charge is 2.44. The number of aliphatic hydroxyl groups is 1. The van der Waals surface area contributed by atoms with Crippen LogP contribution in [0.2, 0.25) is 0 Å². The Balaban J connectivity index is 0.889. The number of nitrogens with two attached hydrogens (primary N) is 1. The first kappa shape index (κ1) is 48.6. The van der Waals surface area contributed by atoms with E-state index in [9.17, 15) is 36.7 Å². The molecule has 7 rings (SSSR count). The number of thiazole rings is 1. The predicted octanol–water partition coefficient (Wildman–Crippen LogP) is 6.24. The number of carbonyl (C=O) groups is 3. The van der Waals surface area contributed by atoms with Crippen LogP contribution in [-0.4, -0.2) is 96.2 Å². The Hall–Kier alpha value is -6.32. The molecule has 1 aliphatic heterocycles. The number of alkyl halides is 2. The lowest BCUT2D eigenvalue weighted by Crippen LogP contribution is -2.57. The lowest BCUT2D eigenvalue weighted by atomic mass is 9.85. The summed E-state index contributed by atoms with van der Waals surface area (Å²) >= 11 is 1.57. The fourth-order valence-corrected chi connectivity index (χ4v) is 9.57. The average molecular weight is 960 g/mol. The molecular formula is C46H55F2N11O6S2. The number of nitrogens with zero attached hydrogens (tertiary/aromatic N) is 7. The van der Waals surface area contributed by atoms with Crippen LogP contribution < -0.4 is 21.1 Å². The summed E-state index contributed by atoms with van der Waals surface area (Å²) in [7, 11) is -3.06. The van der Waals surface area contributed by atoms with E-state index in [1.165, 1.54) is 17.0 Å². The number of nitrogens with one attached hydrogen (secondary N) is 3. The molecule has 17 nitrogen and oxygen atoms in total. The molecule has 21 heteroatoms. The third-order valence-corrected chi connectivity index (χ3v) is 13.7. The molecule has 4 aromatic heterocycles. The lowest BCUT2D eigenvalue weighted by molar-refractivity contribution is -0.144. The number of unbranched alkanes of at least 4 members (excludes halogenated alkanes) is 3. The van der Waals surface area contributed by atoms with Crippen molar-refractivity contribution in [2.75, 3.05) is 17.0 Å². The van der Waals surface area contributed by atoms with Crippen LogP contribution in [0.25, 0.3) is 43.7 Å². The van der Waals surface area contributed by atoms with Gasteiger partial charge >= 0.3 is 5.76 Å². The Labute approximate surface area is 391 Å². The van der Waals surface area contributed by atoms with Gasteiger partial charge in [-0.25, -0.2) is 18.4 Å². The highest BCUT2D eigenvalue weighted by molar-refractivity contribution is 7.93. The fourth-order valence-electron chi connectivity index (χ4n) is 8.20. The SMILES string of the molecule is Cc1ncsc1-c1ccc(CNC(=O)[C@@H]2C[C@@H](O)CN2C(=O)C(NC(=O)CCCCCCn2cc(-c3cnc(N)c4c(-c5ccc(NS(=O)(=O)C(F)F)cc5)nn(C)c34)cn2)C(C)(C)C)cc1. The van der Waals surface area contributed by atoms with Crippen molar-refractivity contribution in [3.8, 4) is 32.8 Å². The molecule has 0 radical (unpaired) electrons. The number of pyridine rings is 1. The van der Waals surface area contributed by atoms with Gasteiger partial charge in [-0.1, -0.05) is 70.0 Å². The van der Waals surface area contributed by atoms with Crippen molar-refractivity contribution < 1.29 is 36.7 Å². The molecule has 0 saturated carbocycles. The van der Waals surface area contributed by atoms with Crippen molar-refractivity contribution in [2.45, 2.75) is 103 Å². The number of β-amino-alcohol motifs (C(OH)–C–C–N with tert-alkyl or cyclic N) is 1. The Morgan fingerprint density at radius 1 is 0.970 bits per heavy atom. The normalized spacial score (nSPS) is 15.9. The number of hydrogen-bond donors (Lipinski definition) is 5. The third-order valence-electron chi connectivity index (χ3n) is 11.7. The first-order chi connectivity index (χ1) is 31.8. The van der Waals surface area contributed by atoms with Gasteiger partial charge in [0.05, 0.1) is 39.3 Å². The quantitative estimate of drug-likeness (QED) is 0.0606. The van der Waals surface area contributed by atoms with E-state index < -0.39 is 45.3 Å². The fraction of sp³-hybridized carbons (Fsp3) is 0.413. The smallest absolute Gasteiger partial charge is 0.355 e. The Kier molecular flexibility index (Phi) is 14.7. The zero-order valence-corrected chi connectivity index (χ0v) is 39.5. The van der Waals surface area contributed by atoms with Crippen LogP contribution in [0.5, 0.6) is 0 Å². The van der Waals surface area contributed by atoms with E-state index in [2.05, 4.69) is 30.8 Å². The molecular weight excluding hydrogens is 905 g/mol. The van der Waals surface area contributed by atoms with E-state index in [1.54, 1.807) is 53.1 Å². The van der Waals surface area contributed by atoms with Crippen molar-refractivity contribution in [3.05, 3.63) is 83.9 Å². The highest BCUT2D eigenvalue weighted by Crippen LogP contribution is 2.37. The number of anilines is 2. The molecule has 1 fully saturated rings. The van der Waals surface area contributed by atoms with Crippen molar-refractivity contribution >= 4 is 61.5 Å². The number of sulfonamides is 1. The summed E-state index contributed by atoms with van der Waals surface area (Å²) in [5.41, 5.74) is 13.6. The standard InChI is InChI=1S/C46H55F2N11O6S2/c1-27-40(66-26-52-27)30-13-11-28(12-14-30)21-51-43(62)35-20-33(60)25-59(35)44(63)41(46(2,3)4)54-36(61)10-8-6-7-9-19-58-24-31(22-53-58)34-23-50-42(49)37-38(55-57(5)39(34)37)29-15-17-32(18-16-29)56-67(64,65)45(47)48/h11-18,22-24,26,33,35,41,45,56,60H,6-10,19-21,25H2,1-5H3,(H2,49,50)(H,51,62)(H,54,61)/t33-,35+,41?/m1/s1. The summed E-state index contributed by atoms with van der Waals surface area (Å²) < 4.78 is 54.3. The number of carbonyl (C=O) groups excluding carboxylic acids is 3. The minimum atomic E-state index is -4.82. The second kappa shape index (κ2) is 20.3. The number of likely N-dealkylation sites (tertiary alicyclic amines) is 1. The number of aliphatic hydroxyl groups excluding tert-OH is 1. The second-order valence-electron chi connectivity index (χ2n) is 17.8. The average Bonchev–Trinajstić information content (AvgIpc) is 4.10. The molecule has 3 amide bonds. The van der Waals surface area contributed by atoms with Gasteiger partial charge in [-0.15, -0.1) is 11.3 Å². The van der Waals surface area contributed by atoms with E-state index in [1.807, 2.05) is 67.6 Å². The van der Waals surface area contributed by atoms with Gasteiger partial charge in [0.2, 0.25) is 17.7 Å². The molecule has 6 N–H and O–H groups in total. The predicted molar refractivity (Wildman–Crippen MR) is 253 cm³/mol. The number of aromatic nitrogens is 6. The van der Waals surface area contributed by atoms with E-state index in [-0.39, 0.29) is 49.3 Å². The molecule has 1 aliphatic rings. The van der Waals surface area contributed by atoms with Gasteiger partial charge in [0.15, 0.2) is 0 Å². The van der Waals surface area contributed by atoms with Crippen LogP contribution in [0.15, 0.2) is 72.6 Å². The van der Waals surface area contributed by atoms with Gasteiger partial charge in [-0.2, -0.15) is 19.0 Å². The van der Waals surface area contributed by atoms with Crippen LogP contribution in [0.3, 0.4) is 0 Å². The molecule has 0 spiro atoms. The molecule has 67 heavy (non-hydrogen) atoms. The highest BCUT2D eigenvalue weighted by atomic mass is 32.2. The monoisotopic (exact) mass is 959 g/mol. The molecule has 0 aliphatic carbocycles. The minimum absolute atomic E-state index is 0.00652. The second-order valence-corrected chi connectivity index (χ2v) is 20.3. The van der Waals surface area contributed by atoms with Gasteiger partial charge in [0.1, 0.15) is 23.6 Å². The van der Waals surface area contributed by atoms with E-state index in [4.69, 9.17) is 5.73 Å². The summed E-state index contributed by atoms with van der Waals surface area (Å²) in [5.74, 6) is -4.38. The lowest BCUT2D eigenvalue weighted by Gasteiger charge is -2.35. The molecule has 1 saturated heterocycles. The van der Waals surface area contributed by atoms with Crippen LogP contribution in [0, 0.1) is 12.3 Å². The van der Waals surface area contributed by atoms with Gasteiger partial charge in [0.25, 0.3) is 10.0 Å². The number of amides is 3. The number of nitrogen functional groups attached to an aromatic ring is 1. The summed E-state index contributed by atoms with van der Waals surface area (Å²) in [4.78, 5) is 52.0. The number of hydrogen-bond acceptors (Lipinski definition) is 12. The number of halogens is 2. The maximum atomic E-state index is 14.1. The number of benzene rings is 2. The summed E-state index contributed by atoms with van der Waals surface area (Å²) in [5, 5.41) is 26.3. The van der Waals surface area contributed by atoms with Crippen molar-refractivity contribution in [3.63, 3.8) is 0 Å². The maximum Gasteiger partial charge on any atom is 0.355 e. The Bertz CT molecular complexity index is 2840. The summed E-state index contributed by atoms with van der Waals surface area (Å²) in [6.07, 6.45) is 7.70. The van der Waals surface area contributed by atoms with Gasteiger partial charge in [-0.05, 0) is 48.4 Å². The van der Waals surface area contributed by atoms with Gasteiger partial charge in [-0.3, -0.25) is 28.5 Å². The van der Waals surface area contributed by atoms with Crippen LogP contribution in [0.1, 0.15) is 70.6 Å². The van der Waals surface area contributed by atoms with Crippen LogP contribution in [0.4, 0.5) is 20.3 Å². The van der Waals surface area contributed by atoms with Crippen LogP contribution in [-0.2, 0) is 44.5 Å². The van der Waals surface area contributed by atoms with Crippen LogP contribution >= 0.6 is 11.3 Å². The molecule has 0 bridgehead atoms. The van der Waals surface area contributed by atoms with Crippen molar-refractivity contribution in [1.29, 1.82) is 0 Å². The van der Waals surface area contributed by atoms with E-state index in [0.29, 0.717) is 35.1 Å². The van der Waals surface area contributed by atoms with E-state index >= 15 is 0 Å². The number of fused-ring (bicyclic) bond motifs is 1. The zero-order chi connectivity index (χ0) is 48.2. The molecule has 2 aromatic carbocycles. The van der Waals surface area contributed by atoms with Crippen molar-refractivity contribution in [1.82, 2.24) is 45.1 Å². The van der Waals surface area contributed by atoms with Gasteiger partial charge < -0.3 is 26.4 Å². The largest absolute Gasteiger partial charge is 0.391 e. The molecule has 5 heterocycles. The Morgan fingerprint density at radius 2 is 1.67 bits per heavy atom. The molecule has 1 unspecified atom stereocenters. The number of rotatable bonds is 18. The van der Waals surface area contributed by atoms with E-state index in [0.717, 1.165) is 52.1 Å². The first-order valence-electron chi connectivity index (χ1n) is 21.9. The maximum absolute atomic E-state index is 14.1. The van der Waals surface area contributed by atoms with Gasteiger partial charge in [0, 0.05) is 74.3 Å². The van der Waals surface area contributed by atoms with Crippen molar-refractivity contribution in [2.24, 2.45) is 12.5 Å². The molecule has 3 atom stereocenters. The molecule has 6 aromatic rings. The third kappa shape index (κ3) is 11.3. The number of aryl methyl sites for hydroxylation is 3. The topological polar surface area (TPSA) is 232 Å². The molecule has 356 valence electrons. The first-order valence-corrected chi connectivity index (χ1v) is 24.3. The summed E-state index contributed by atoms with van der Waals surface area (Å²) in [6.45, 7) is 8.40.